The number of nitrogens with one attached hydrogen (secondary N) is 1. The highest BCUT2D eigenvalue weighted by Gasteiger charge is 2.35. The lowest BCUT2D eigenvalue weighted by molar-refractivity contribution is -0.146. The van der Waals surface area contributed by atoms with E-state index >= 15 is 0 Å². The lowest BCUT2D eigenvalue weighted by Gasteiger charge is -2.39. The minimum absolute atomic E-state index is 0.123. The molecule has 45 heavy (non-hydrogen) atoms. The molecule has 2 aromatic heterocycles. The standard InChI is InChI=1S/C28H34ClF3N8O4S/c1-45(43,44)35-21-6-5-18(29)12-20(21)27(42)39-7-3-2-4-23(39)22-13-25-33-24(38-15-19(41)16-38)14-26(40(25)34-22)37-10-8-36(9-11-37)17-28(30,31)32/h5-6,12-14,19,23,35,41H,2-4,7-11,15-17H2,1H3/t23-/m0/s1. The maximum atomic E-state index is 14.0. The average Bonchev–Trinajstić information content (AvgIpc) is 3.39. The number of anilines is 3. The number of aromatic nitrogens is 3. The first-order valence-electron chi connectivity index (χ1n) is 14.7. The van der Waals surface area contributed by atoms with E-state index in [9.17, 15) is 31.5 Å². The normalized spacial score (nSPS) is 20.5. The van der Waals surface area contributed by atoms with Crippen molar-refractivity contribution in [1.29, 1.82) is 0 Å². The summed E-state index contributed by atoms with van der Waals surface area (Å²) in [5.74, 6) is 0.895. The second kappa shape index (κ2) is 12.1. The Bertz CT molecular complexity index is 1690. The van der Waals surface area contributed by atoms with Crippen LogP contribution in [-0.2, 0) is 10.0 Å². The summed E-state index contributed by atoms with van der Waals surface area (Å²) in [7, 11) is -3.67. The highest BCUT2D eigenvalue weighted by Crippen LogP contribution is 2.35. The monoisotopic (exact) mass is 670 g/mol. The fourth-order valence-electron chi connectivity index (χ4n) is 6.16. The van der Waals surface area contributed by atoms with Gasteiger partial charge in [-0.25, -0.2) is 13.4 Å². The maximum Gasteiger partial charge on any atom is 0.401 e. The molecule has 0 aliphatic carbocycles. The SMILES string of the molecule is CS(=O)(=O)Nc1ccc(Cl)cc1C(=O)N1CCCC[C@H]1c1cc2nc(N3CC(O)C3)cc(N3CCN(CC(F)(F)F)CC3)n2n1. The zero-order chi connectivity index (χ0) is 32.1. The molecule has 244 valence electrons. The lowest BCUT2D eigenvalue weighted by Crippen LogP contribution is -2.51. The summed E-state index contributed by atoms with van der Waals surface area (Å²) in [6.45, 7) is 1.44. The summed E-state index contributed by atoms with van der Waals surface area (Å²) in [6, 6.07) is 7.62. The quantitative estimate of drug-likeness (QED) is 0.390. The van der Waals surface area contributed by atoms with Gasteiger partial charge < -0.3 is 19.8 Å². The molecule has 1 atom stereocenters. The van der Waals surface area contributed by atoms with Crippen LogP contribution in [-0.4, -0.2) is 115 Å². The summed E-state index contributed by atoms with van der Waals surface area (Å²) in [5, 5.41) is 15.1. The van der Waals surface area contributed by atoms with E-state index in [0.29, 0.717) is 62.1 Å². The summed E-state index contributed by atoms with van der Waals surface area (Å²) in [4.78, 5) is 25.7. The Morgan fingerprint density at radius 3 is 2.47 bits per heavy atom. The van der Waals surface area contributed by atoms with Crippen molar-refractivity contribution in [3.63, 3.8) is 0 Å². The molecule has 12 nitrogen and oxygen atoms in total. The number of piperidine rings is 1. The largest absolute Gasteiger partial charge is 0.401 e. The van der Waals surface area contributed by atoms with Gasteiger partial charge in [0.25, 0.3) is 5.91 Å². The number of hydrogen-bond donors (Lipinski definition) is 2. The van der Waals surface area contributed by atoms with Crippen molar-refractivity contribution in [2.75, 3.05) is 73.1 Å². The number of benzene rings is 1. The van der Waals surface area contributed by atoms with E-state index in [1.54, 1.807) is 9.42 Å². The number of likely N-dealkylation sites (tertiary alicyclic amines) is 1. The van der Waals surface area contributed by atoms with E-state index in [1.807, 2.05) is 21.9 Å². The molecule has 1 aromatic carbocycles. The molecule has 3 aromatic rings. The number of piperazine rings is 1. The number of aliphatic hydroxyl groups is 1. The maximum absolute atomic E-state index is 14.0. The van der Waals surface area contributed by atoms with Crippen LogP contribution in [0, 0.1) is 0 Å². The predicted octanol–water partition coefficient (Wildman–Crippen LogP) is 2.99. The van der Waals surface area contributed by atoms with Crippen LogP contribution < -0.4 is 14.5 Å². The fourth-order valence-corrected chi connectivity index (χ4v) is 6.91. The highest BCUT2D eigenvalue weighted by molar-refractivity contribution is 7.92. The number of hydrogen-bond acceptors (Lipinski definition) is 9. The number of carbonyl (C=O) groups is 1. The van der Waals surface area contributed by atoms with Crippen LogP contribution in [0.2, 0.25) is 5.02 Å². The minimum atomic E-state index is -4.27. The third-order valence-electron chi connectivity index (χ3n) is 8.31. The van der Waals surface area contributed by atoms with Crippen molar-refractivity contribution in [2.24, 2.45) is 0 Å². The molecule has 3 aliphatic heterocycles. The van der Waals surface area contributed by atoms with Gasteiger partial charge in [0, 0.05) is 63.0 Å². The van der Waals surface area contributed by atoms with Crippen LogP contribution in [0.5, 0.6) is 0 Å². The molecule has 17 heteroatoms. The van der Waals surface area contributed by atoms with Crippen LogP contribution >= 0.6 is 11.6 Å². The van der Waals surface area contributed by atoms with Crippen molar-refractivity contribution in [1.82, 2.24) is 24.4 Å². The molecule has 0 radical (unpaired) electrons. The van der Waals surface area contributed by atoms with Gasteiger partial charge in [-0.1, -0.05) is 11.6 Å². The second-order valence-electron chi connectivity index (χ2n) is 11.8. The molecule has 1 amide bonds. The van der Waals surface area contributed by atoms with E-state index in [2.05, 4.69) is 4.72 Å². The molecule has 0 unspecified atom stereocenters. The van der Waals surface area contributed by atoms with Crippen LogP contribution in [0.1, 0.15) is 41.4 Å². The molecule has 3 saturated heterocycles. The molecule has 3 aliphatic rings. The first kappa shape index (κ1) is 31.6. The molecule has 3 fully saturated rings. The molecular weight excluding hydrogens is 637 g/mol. The number of sulfonamides is 1. The van der Waals surface area contributed by atoms with Gasteiger partial charge in [0.05, 0.1) is 41.9 Å². The van der Waals surface area contributed by atoms with Crippen LogP contribution in [0.4, 0.5) is 30.5 Å². The van der Waals surface area contributed by atoms with Crippen LogP contribution in [0.3, 0.4) is 0 Å². The molecule has 0 spiro atoms. The van der Waals surface area contributed by atoms with Gasteiger partial charge in [0.1, 0.15) is 11.6 Å². The highest BCUT2D eigenvalue weighted by atomic mass is 35.5. The average molecular weight is 671 g/mol. The number of alkyl halides is 3. The fraction of sp³-hybridized carbons (Fsp3) is 0.536. The van der Waals surface area contributed by atoms with Gasteiger partial charge in [-0.15, -0.1) is 0 Å². The Morgan fingerprint density at radius 2 is 1.80 bits per heavy atom. The van der Waals surface area contributed by atoms with E-state index in [0.717, 1.165) is 19.1 Å². The number of carbonyl (C=O) groups excluding carboxylic acids is 1. The number of rotatable bonds is 7. The Kier molecular flexibility index (Phi) is 8.52. The Morgan fingerprint density at radius 1 is 1.07 bits per heavy atom. The first-order chi connectivity index (χ1) is 21.2. The zero-order valence-electron chi connectivity index (χ0n) is 24.5. The van der Waals surface area contributed by atoms with Crippen LogP contribution in [0.25, 0.3) is 5.65 Å². The van der Waals surface area contributed by atoms with Gasteiger partial charge in [-0.05, 0) is 37.5 Å². The number of β-amino-alcohol motifs (C(OH)–C–C–N with tert-alkyl or cyclic N) is 1. The van der Waals surface area contributed by atoms with Crippen molar-refractivity contribution < 1.29 is 31.5 Å². The molecule has 5 heterocycles. The summed E-state index contributed by atoms with van der Waals surface area (Å²) >= 11 is 6.22. The Labute approximate surface area is 263 Å². The molecule has 6 rings (SSSR count). The lowest BCUT2D eigenvalue weighted by atomic mass is 9.98. The number of nitrogens with zero attached hydrogens (tertiary/aromatic N) is 7. The van der Waals surface area contributed by atoms with E-state index in [-0.39, 0.29) is 29.4 Å². The molecule has 0 saturated carbocycles. The van der Waals surface area contributed by atoms with Crippen molar-refractivity contribution in [3.05, 3.63) is 46.6 Å². The third kappa shape index (κ3) is 7.08. The third-order valence-corrected chi connectivity index (χ3v) is 9.14. The van der Waals surface area contributed by atoms with E-state index in [1.165, 1.54) is 23.1 Å². The predicted molar refractivity (Wildman–Crippen MR) is 163 cm³/mol. The molecule has 2 N–H and O–H groups in total. The first-order valence-corrected chi connectivity index (χ1v) is 17.0. The van der Waals surface area contributed by atoms with Gasteiger partial charge >= 0.3 is 6.18 Å². The topological polar surface area (TPSA) is 127 Å². The summed E-state index contributed by atoms with van der Waals surface area (Å²) in [5.41, 5.74) is 1.35. The molecule has 0 bridgehead atoms. The van der Waals surface area contributed by atoms with Crippen molar-refractivity contribution in [3.8, 4) is 0 Å². The minimum Gasteiger partial charge on any atom is -0.389 e. The van der Waals surface area contributed by atoms with Gasteiger partial charge in [-0.2, -0.15) is 22.8 Å². The Hall–Kier alpha value is -3.34. The van der Waals surface area contributed by atoms with E-state index in [4.69, 9.17) is 21.7 Å². The smallest absolute Gasteiger partial charge is 0.389 e. The number of halogens is 4. The number of aliphatic hydroxyl groups excluding tert-OH is 1. The van der Waals surface area contributed by atoms with E-state index < -0.39 is 40.8 Å². The number of amides is 1. The Balaban J connectivity index is 1.34. The van der Waals surface area contributed by atoms with Crippen molar-refractivity contribution >= 4 is 50.5 Å². The summed E-state index contributed by atoms with van der Waals surface area (Å²) in [6.07, 6.45) is -1.53. The van der Waals surface area contributed by atoms with Crippen LogP contribution in [0.15, 0.2) is 30.3 Å². The van der Waals surface area contributed by atoms with Gasteiger partial charge in [0.2, 0.25) is 10.0 Å². The molecular formula is C28H34ClF3N8O4S. The second-order valence-corrected chi connectivity index (χ2v) is 14.0. The van der Waals surface area contributed by atoms with Gasteiger partial charge in [0.15, 0.2) is 5.65 Å². The number of fused-ring (bicyclic) bond motifs is 1. The van der Waals surface area contributed by atoms with Crippen molar-refractivity contribution in [2.45, 2.75) is 37.6 Å². The summed E-state index contributed by atoms with van der Waals surface area (Å²) < 4.78 is 67.1. The van der Waals surface area contributed by atoms with Gasteiger partial charge in [-0.3, -0.25) is 14.4 Å². The zero-order valence-corrected chi connectivity index (χ0v) is 26.1.